The summed E-state index contributed by atoms with van der Waals surface area (Å²) < 4.78 is 17.4. The maximum atomic E-state index is 11.5. The van der Waals surface area contributed by atoms with Gasteiger partial charge in [-0.05, 0) is 68.1 Å². The fourth-order valence-electron chi connectivity index (χ4n) is 3.94. The zero-order valence-corrected chi connectivity index (χ0v) is 24.4. The number of benzene rings is 2. The third-order valence-corrected chi connectivity index (χ3v) is 5.80. The first kappa shape index (κ1) is 29.4. The van der Waals surface area contributed by atoms with Crippen molar-refractivity contribution in [1.29, 1.82) is 0 Å². The zero-order valence-electron chi connectivity index (χ0n) is 22.4. The molecule has 0 atom stereocenters. The first-order valence-electron chi connectivity index (χ1n) is 12.0. The molecule has 9 nitrogen and oxygen atoms in total. The number of hydrogen-bond donors (Lipinski definition) is 1. The minimum atomic E-state index is -0.903. The predicted molar refractivity (Wildman–Crippen MR) is 138 cm³/mol. The second-order valence-electron chi connectivity index (χ2n) is 9.57. The van der Waals surface area contributed by atoms with Crippen molar-refractivity contribution in [2.24, 2.45) is 0 Å². The maximum Gasteiger partial charge on any atom is 1.00 e. The summed E-state index contributed by atoms with van der Waals surface area (Å²) in [6.45, 7) is 8.38. The third-order valence-electron chi connectivity index (χ3n) is 5.80. The molecule has 4 rings (SSSR count). The molecule has 2 heterocycles. The molecule has 0 radical (unpaired) electrons. The Morgan fingerprint density at radius 1 is 1.03 bits per heavy atom. The number of aliphatic hydroxyl groups is 1. The number of pyridine rings is 1. The average molecular weight is 528 g/mol. The van der Waals surface area contributed by atoms with E-state index in [0.29, 0.717) is 31.3 Å². The van der Waals surface area contributed by atoms with Gasteiger partial charge in [0.2, 0.25) is 5.88 Å². The second-order valence-corrected chi connectivity index (χ2v) is 9.57. The molecule has 4 aromatic rings. The van der Waals surface area contributed by atoms with Crippen molar-refractivity contribution in [2.45, 2.75) is 52.9 Å². The van der Waals surface area contributed by atoms with E-state index in [9.17, 15) is 14.7 Å². The van der Waals surface area contributed by atoms with Crippen LogP contribution in [0.3, 0.4) is 0 Å². The fraction of sp³-hybridized carbons (Fsp3) is 0.321. The zero-order chi connectivity index (χ0) is 26.6. The summed E-state index contributed by atoms with van der Waals surface area (Å²) in [6.07, 6.45) is 0.517. The molecule has 1 N–H and O–H groups in total. The van der Waals surface area contributed by atoms with Crippen molar-refractivity contribution in [3.8, 4) is 22.8 Å². The van der Waals surface area contributed by atoms with Crippen LogP contribution in [-0.2, 0) is 13.2 Å². The Bertz CT molecular complexity index is 1460. The van der Waals surface area contributed by atoms with Crippen molar-refractivity contribution < 1.29 is 48.7 Å². The van der Waals surface area contributed by atoms with E-state index < -0.39 is 17.0 Å². The van der Waals surface area contributed by atoms with Gasteiger partial charge in [0.25, 0.3) is 0 Å². The Morgan fingerprint density at radius 2 is 1.76 bits per heavy atom. The molecule has 0 aliphatic heterocycles. The number of ether oxygens (including phenoxy) is 2. The molecule has 0 saturated carbocycles. The number of rotatable bonds is 10. The quantitative estimate of drug-likeness (QED) is 0.298. The van der Waals surface area contributed by atoms with E-state index in [-0.39, 0.29) is 36.1 Å². The molecule has 2 aromatic heterocycles. The Kier molecular flexibility index (Phi) is 9.78. The fourth-order valence-corrected chi connectivity index (χ4v) is 3.94. The van der Waals surface area contributed by atoms with Crippen molar-refractivity contribution in [2.75, 3.05) is 6.61 Å². The van der Waals surface area contributed by atoms with Crippen LogP contribution in [0.5, 0.6) is 11.6 Å². The Labute approximate surface area is 242 Å². The number of aryl methyl sites for hydroxylation is 2. The molecular formula is C28H30N3NaO6. The molecule has 194 valence electrons. The molecule has 0 spiro atoms. The van der Waals surface area contributed by atoms with Gasteiger partial charge in [-0.15, -0.1) is 0 Å². The van der Waals surface area contributed by atoms with Crippen LogP contribution in [0.2, 0.25) is 0 Å². The summed E-state index contributed by atoms with van der Waals surface area (Å²) in [6, 6.07) is 17.2. The SMILES string of the molecule is Cc1cc(OCCC(C)(C)O)nc(C)c1-c1cccc(COc2ccc(Cn3oc(=O)[n-]c3=O)cc2)c1.[Na+]. The van der Waals surface area contributed by atoms with Gasteiger partial charge in [0.05, 0.1) is 12.2 Å². The smallest absolute Gasteiger partial charge is 0.489 e. The van der Waals surface area contributed by atoms with Crippen molar-refractivity contribution in [3.05, 3.63) is 98.0 Å². The van der Waals surface area contributed by atoms with E-state index in [4.69, 9.17) is 14.0 Å². The van der Waals surface area contributed by atoms with Gasteiger partial charge in [-0.2, -0.15) is 0 Å². The molecule has 0 aliphatic carbocycles. The molecule has 0 bridgehead atoms. The topological polar surface area (TPSA) is 118 Å². The molecule has 2 aromatic carbocycles. The summed E-state index contributed by atoms with van der Waals surface area (Å²) in [7, 11) is 0. The van der Waals surface area contributed by atoms with Crippen molar-refractivity contribution in [1.82, 2.24) is 14.7 Å². The normalized spacial score (nSPS) is 11.2. The summed E-state index contributed by atoms with van der Waals surface area (Å²) in [5.74, 6) is 0.317. The van der Waals surface area contributed by atoms with E-state index in [0.717, 1.165) is 38.3 Å². The number of hydrogen-bond acceptors (Lipinski definition) is 7. The van der Waals surface area contributed by atoms with Gasteiger partial charge < -0.3 is 24.1 Å². The summed E-state index contributed by atoms with van der Waals surface area (Å²) in [4.78, 5) is 30.4. The van der Waals surface area contributed by atoms with Crippen LogP contribution in [-0.4, -0.2) is 27.0 Å². The summed E-state index contributed by atoms with van der Waals surface area (Å²) >= 11 is 0. The average Bonchev–Trinajstić information content (AvgIpc) is 3.14. The molecule has 0 amide bonds. The summed E-state index contributed by atoms with van der Waals surface area (Å²) in [5.41, 5.74) is 4.29. The van der Waals surface area contributed by atoms with Gasteiger partial charge in [-0.3, -0.25) is 9.53 Å². The molecule has 0 unspecified atom stereocenters. The first-order chi connectivity index (χ1) is 17.6. The van der Waals surface area contributed by atoms with Crippen LogP contribution in [0, 0.1) is 13.8 Å². The molecule has 10 heteroatoms. The molecule has 0 aliphatic rings. The number of nitrogens with zero attached hydrogens (tertiary/aromatic N) is 3. The van der Waals surface area contributed by atoms with Gasteiger partial charge in [0.1, 0.15) is 12.4 Å². The Hall–Kier alpha value is -3.11. The minimum absolute atomic E-state index is 0. The van der Waals surface area contributed by atoms with E-state index in [1.807, 2.05) is 38.1 Å². The van der Waals surface area contributed by atoms with Crippen LogP contribution in [0.15, 0.2) is 68.7 Å². The molecular weight excluding hydrogens is 497 g/mol. The van der Waals surface area contributed by atoms with Crippen LogP contribution >= 0.6 is 0 Å². The van der Waals surface area contributed by atoms with E-state index in [2.05, 4.69) is 16.0 Å². The standard InChI is InChI=1S/C28H31N3O6.Na/c1-18-14-24(35-13-12-28(3,4)34)29-19(2)25(18)22-7-5-6-21(15-22)17-36-23-10-8-20(9-11-23)16-31-26(32)30-27(33)37-31;/h5-11,14-15,34H,12-13,16-17H2,1-4H3,(H,30,32,33);/q;+1/p-1. The molecule has 38 heavy (non-hydrogen) atoms. The van der Waals surface area contributed by atoms with Gasteiger partial charge in [-0.1, -0.05) is 30.3 Å². The molecule has 0 saturated heterocycles. The molecule has 0 fully saturated rings. The Morgan fingerprint density at radius 3 is 2.39 bits per heavy atom. The summed E-state index contributed by atoms with van der Waals surface area (Å²) in [5, 5.41) is 9.88. The van der Waals surface area contributed by atoms with Crippen LogP contribution < -0.4 is 55.5 Å². The van der Waals surface area contributed by atoms with Crippen molar-refractivity contribution >= 4 is 0 Å². The predicted octanol–water partition coefficient (Wildman–Crippen LogP) is 0.609. The van der Waals surface area contributed by atoms with E-state index in [1.165, 1.54) is 0 Å². The van der Waals surface area contributed by atoms with E-state index >= 15 is 0 Å². The van der Waals surface area contributed by atoms with Gasteiger partial charge in [-0.25, -0.2) is 9.78 Å². The minimum Gasteiger partial charge on any atom is -0.489 e. The largest absolute Gasteiger partial charge is 1.00 e. The Balaban J connectivity index is 0.00000400. The van der Waals surface area contributed by atoms with Crippen LogP contribution in [0.25, 0.3) is 11.1 Å². The van der Waals surface area contributed by atoms with Crippen molar-refractivity contribution in [3.63, 3.8) is 0 Å². The maximum absolute atomic E-state index is 11.5. The van der Waals surface area contributed by atoms with Gasteiger partial charge in [0.15, 0.2) is 5.69 Å². The van der Waals surface area contributed by atoms with E-state index in [1.54, 1.807) is 38.1 Å². The van der Waals surface area contributed by atoms with Gasteiger partial charge >= 0.3 is 35.3 Å². The first-order valence-corrected chi connectivity index (χ1v) is 12.0. The van der Waals surface area contributed by atoms with Crippen LogP contribution in [0.4, 0.5) is 0 Å². The van der Waals surface area contributed by atoms with Crippen LogP contribution in [0.1, 0.15) is 42.7 Å². The number of aromatic nitrogens is 3. The van der Waals surface area contributed by atoms with Gasteiger partial charge in [0, 0.05) is 30.3 Å². The second kappa shape index (κ2) is 12.6. The monoisotopic (exact) mass is 527 g/mol. The third kappa shape index (κ3) is 7.94.